The minimum atomic E-state index is 0.0631. The van der Waals surface area contributed by atoms with E-state index in [4.69, 9.17) is 23.2 Å². The summed E-state index contributed by atoms with van der Waals surface area (Å²) in [4.78, 5) is 0. The molecule has 2 rings (SSSR count). The Morgan fingerprint density at radius 3 is 2.40 bits per heavy atom. The highest BCUT2D eigenvalue weighted by Crippen LogP contribution is 2.30. The zero-order valence-corrected chi connectivity index (χ0v) is 12.2. The van der Waals surface area contributed by atoms with Gasteiger partial charge < -0.3 is 15.5 Å². The highest BCUT2D eigenvalue weighted by atomic mass is 35.5. The Balaban J connectivity index is 1.86. The summed E-state index contributed by atoms with van der Waals surface area (Å²) in [5.74, 6) is 0.327. The molecule has 0 unspecified atom stereocenters. The fourth-order valence-electron chi connectivity index (χ4n) is 1.87. The van der Waals surface area contributed by atoms with Crippen molar-refractivity contribution in [3.8, 4) is 11.5 Å². The van der Waals surface area contributed by atoms with E-state index >= 15 is 0 Å². The minimum Gasteiger partial charge on any atom is -0.508 e. The zero-order chi connectivity index (χ0) is 14.5. The number of phenols is 2. The number of rotatable bonds is 5. The van der Waals surface area contributed by atoms with Crippen LogP contribution in [0.1, 0.15) is 11.1 Å². The molecule has 3 nitrogen and oxygen atoms in total. The third kappa shape index (κ3) is 4.04. The smallest absolute Gasteiger partial charge is 0.138 e. The van der Waals surface area contributed by atoms with Crippen molar-refractivity contribution in [2.45, 2.75) is 13.0 Å². The van der Waals surface area contributed by atoms with E-state index in [2.05, 4.69) is 5.32 Å². The SMILES string of the molecule is Oc1ccc(CCNCc2cc(Cl)cc(Cl)c2O)cc1. The molecule has 0 aromatic heterocycles. The Bertz CT molecular complexity index is 585. The molecule has 0 aliphatic rings. The third-order valence-corrected chi connectivity index (χ3v) is 3.46. The van der Waals surface area contributed by atoms with Gasteiger partial charge in [0.2, 0.25) is 0 Å². The Morgan fingerprint density at radius 2 is 1.70 bits per heavy atom. The molecule has 2 aromatic rings. The van der Waals surface area contributed by atoms with E-state index in [9.17, 15) is 10.2 Å². The van der Waals surface area contributed by atoms with Gasteiger partial charge in [-0.15, -0.1) is 0 Å². The van der Waals surface area contributed by atoms with Gasteiger partial charge in [-0.1, -0.05) is 35.3 Å². The van der Waals surface area contributed by atoms with Crippen LogP contribution in [0, 0.1) is 0 Å². The molecule has 5 heteroatoms. The summed E-state index contributed by atoms with van der Waals surface area (Å²) in [5, 5.41) is 23.0. The molecule has 0 aliphatic heterocycles. The van der Waals surface area contributed by atoms with Gasteiger partial charge in [-0.2, -0.15) is 0 Å². The predicted molar refractivity (Wildman–Crippen MR) is 81.6 cm³/mol. The lowest BCUT2D eigenvalue weighted by Gasteiger charge is -2.09. The number of phenolic OH excluding ortho intramolecular Hbond substituents is 2. The van der Waals surface area contributed by atoms with Crippen LogP contribution in [0.3, 0.4) is 0 Å². The van der Waals surface area contributed by atoms with Crippen LogP contribution in [0.4, 0.5) is 0 Å². The van der Waals surface area contributed by atoms with Gasteiger partial charge in [-0.25, -0.2) is 0 Å². The molecule has 0 aliphatic carbocycles. The van der Waals surface area contributed by atoms with E-state index in [1.165, 1.54) is 6.07 Å². The Morgan fingerprint density at radius 1 is 1.00 bits per heavy atom. The van der Waals surface area contributed by atoms with Crippen molar-refractivity contribution in [1.29, 1.82) is 0 Å². The quantitative estimate of drug-likeness (QED) is 0.737. The maximum atomic E-state index is 9.81. The monoisotopic (exact) mass is 311 g/mol. The first-order chi connectivity index (χ1) is 9.56. The lowest BCUT2D eigenvalue weighted by molar-refractivity contribution is 0.465. The summed E-state index contributed by atoms with van der Waals surface area (Å²) in [6.07, 6.45) is 0.829. The van der Waals surface area contributed by atoms with Crippen LogP contribution in [0.15, 0.2) is 36.4 Å². The number of hydrogen-bond acceptors (Lipinski definition) is 3. The summed E-state index contributed by atoms with van der Waals surface area (Å²) in [6, 6.07) is 10.3. The van der Waals surface area contributed by atoms with Crippen molar-refractivity contribution < 1.29 is 10.2 Å². The number of aromatic hydroxyl groups is 2. The van der Waals surface area contributed by atoms with Crippen molar-refractivity contribution in [2.75, 3.05) is 6.54 Å². The van der Waals surface area contributed by atoms with Gasteiger partial charge in [-0.05, 0) is 42.8 Å². The van der Waals surface area contributed by atoms with E-state index in [1.54, 1.807) is 18.2 Å². The van der Waals surface area contributed by atoms with E-state index in [-0.39, 0.29) is 16.5 Å². The average molecular weight is 312 g/mol. The van der Waals surface area contributed by atoms with Crippen molar-refractivity contribution in [2.24, 2.45) is 0 Å². The zero-order valence-electron chi connectivity index (χ0n) is 10.7. The number of hydrogen-bond donors (Lipinski definition) is 3. The molecule has 106 valence electrons. The highest BCUT2D eigenvalue weighted by molar-refractivity contribution is 6.35. The molecule has 0 spiro atoms. The van der Waals surface area contributed by atoms with Crippen LogP contribution in [-0.4, -0.2) is 16.8 Å². The van der Waals surface area contributed by atoms with Crippen LogP contribution in [-0.2, 0) is 13.0 Å². The van der Waals surface area contributed by atoms with Gasteiger partial charge in [0.15, 0.2) is 0 Å². The Kier molecular flexibility index (Phi) is 5.12. The third-order valence-electron chi connectivity index (χ3n) is 2.95. The molecule has 0 fully saturated rings. The number of halogens is 2. The lowest BCUT2D eigenvalue weighted by atomic mass is 10.1. The average Bonchev–Trinajstić information content (AvgIpc) is 2.42. The standard InChI is InChI=1S/C15H15Cl2NO2/c16-12-7-11(15(20)14(17)8-12)9-18-6-5-10-1-3-13(19)4-2-10/h1-4,7-8,18-20H,5-6,9H2. The lowest BCUT2D eigenvalue weighted by Crippen LogP contribution is -2.16. The number of benzene rings is 2. The first-order valence-corrected chi connectivity index (χ1v) is 6.97. The van der Waals surface area contributed by atoms with Crippen molar-refractivity contribution >= 4 is 23.2 Å². The fraction of sp³-hybridized carbons (Fsp3) is 0.200. The van der Waals surface area contributed by atoms with Crippen LogP contribution >= 0.6 is 23.2 Å². The van der Waals surface area contributed by atoms with Crippen LogP contribution < -0.4 is 5.32 Å². The Labute approximate surface area is 127 Å². The van der Waals surface area contributed by atoms with Crippen molar-refractivity contribution in [3.63, 3.8) is 0 Å². The molecule has 0 saturated carbocycles. The summed E-state index contributed by atoms with van der Waals surface area (Å²) in [5.41, 5.74) is 1.80. The van der Waals surface area contributed by atoms with Crippen molar-refractivity contribution in [3.05, 3.63) is 57.6 Å². The molecule has 20 heavy (non-hydrogen) atoms. The largest absolute Gasteiger partial charge is 0.508 e. The van der Waals surface area contributed by atoms with E-state index in [0.29, 0.717) is 17.1 Å². The van der Waals surface area contributed by atoms with Crippen molar-refractivity contribution in [1.82, 2.24) is 5.32 Å². The molecule has 3 N–H and O–H groups in total. The maximum Gasteiger partial charge on any atom is 0.138 e. The highest BCUT2D eigenvalue weighted by Gasteiger charge is 2.07. The molecule has 0 heterocycles. The minimum absolute atomic E-state index is 0.0631. The second kappa shape index (κ2) is 6.84. The summed E-state index contributed by atoms with van der Waals surface area (Å²) in [7, 11) is 0. The van der Waals surface area contributed by atoms with Gasteiger partial charge >= 0.3 is 0 Å². The second-order valence-corrected chi connectivity index (χ2v) is 5.33. The molecule has 0 atom stereocenters. The van der Waals surface area contributed by atoms with Gasteiger partial charge in [-0.3, -0.25) is 0 Å². The van der Waals surface area contributed by atoms with E-state index in [1.807, 2.05) is 12.1 Å². The normalized spacial score (nSPS) is 10.7. The van der Waals surface area contributed by atoms with Crippen LogP contribution in [0.2, 0.25) is 10.0 Å². The van der Waals surface area contributed by atoms with E-state index in [0.717, 1.165) is 18.5 Å². The Hall–Kier alpha value is -1.42. The molecule has 0 saturated heterocycles. The molecule has 2 aromatic carbocycles. The van der Waals surface area contributed by atoms with Gasteiger partial charge in [0, 0.05) is 17.1 Å². The fourth-order valence-corrected chi connectivity index (χ4v) is 2.41. The topological polar surface area (TPSA) is 52.5 Å². The molecular weight excluding hydrogens is 297 g/mol. The van der Waals surface area contributed by atoms with Gasteiger partial charge in [0.1, 0.15) is 11.5 Å². The predicted octanol–water partition coefficient (Wildman–Crippen LogP) is 3.74. The molecule has 0 radical (unpaired) electrons. The maximum absolute atomic E-state index is 9.81. The van der Waals surface area contributed by atoms with E-state index < -0.39 is 0 Å². The molecular formula is C15H15Cl2NO2. The number of nitrogens with one attached hydrogen (secondary N) is 1. The first-order valence-electron chi connectivity index (χ1n) is 6.22. The van der Waals surface area contributed by atoms with Crippen LogP contribution in [0.25, 0.3) is 0 Å². The molecule has 0 amide bonds. The first kappa shape index (κ1) is 15.0. The summed E-state index contributed by atoms with van der Waals surface area (Å²) in [6.45, 7) is 1.23. The van der Waals surface area contributed by atoms with Crippen LogP contribution in [0.5, 0.6) is 11.5 Å². The van der Waals surface area contributed by atoms with Gasteiger partial charge in [0.25, 0.3) is 0 Å². The van der Waals surface area contributed by atoms with Gasteiger partial charge in [0.05, 0.1) is 5.02 Å². The summed E-state index contributed by atoms with van der Waals surface area (Å²) < 4.78 is 0. The molecule has 0 bridgehead atoms. The summed E-state index contributed by atoms with van der Waals surface area (Å²) >= 11 is 11.8. The second-order valence-electron chi connectivity index (χ2n) is 4.49.